The van der Waals surface area contributed by atoms with E-state index in [1.54, 1.807) is 12.4 Å². The fourth-order valence-corrected chi connectivity index (χ4v) is 1.09. The lowest BCUT2D eigenvalue weighted by Crippen LogP contribution is -2.27. The van der Waals surface area contributed by atoms with Gasteiger partial charge in [-0.1, -0.05) is 13.3 Å². The standard InChI is InChI=1S/C10H16N2O/c1-2-4-9(11)8-13-10-5-3-6-12-7-10/h3,5-7,9H,2,4,8,11H2,1H3. The molecule has 0 spiro atoms. The summed E-state index contributed by atoms with van der Waals surface area (Å²) in [7, 11) is 0. The minimum absolute atomic E-state index is 0.130. The van der Waals surface area contributed by atoms with Gasteiger partial charge in [0.25, 0.3) is 0 Å². The van der Waals surface area contributed by atoms with Crippen molar-refractivity contribution in [3.8, 4) is 5.75 Å². The third-order valence-electron chi connectivity index (χ3n) is 1.76. The molecule has 3 heteroatoms. The van der Waals surface area contributed by atoms with Crippen LogP contribution in [-0.2, 0) is 0 Å². The first-order valence-electron chi connectivity index (χ1n) is 4.61. The Hall–Kier alpha value is -1.09. The number of nitrogens with two attached hydrogens (primary N) is 1. The monoisotopic (exact) mass is 180 g/mol. The van der Waals surface area contributed by atoms with Crippen LogP contribution in [0.1, 0.15) is 19.8 Å². The Kier molecular flexibility index (Phi) is 4.26. The molecule has 0 fully saturated rings. The summed E-state index contributed by atoms with van der Waals surface area (Å²) in [6.45, 7) is 2.68. The van der Waals surface area contributed by atoms with Crippen molar-refractivity contribution in [3.63, 3.8) is 0 Å². The van der Waals surface area contributed by atoms with E-state index in [0.29, 0.717) is 6.61 Å². The minimum Gasteiger partial charge on any atom is -0.490 e. The predicted molar refractivity (Wildman–Crippen MR) is 52.6 cm³/mol. The van der Waals surface area contributed by atoms with Crippen LogP contribution in [0.5, 0.6) is 5.75 Å². The maximum Gasteiger partial charge on any atom is 0.137 e. The van der Waals surface area contributed by atoms with Crippen LogP contribution in [0, 0.1) is 0 Å². The summed E-state index contributed by atoms with van der Waals surface area (Å²) in [5, 5.41) is 0. The van der Waals surface area contributed by atoms with Gasteiger partial charge in [-0.3, -0.25) is 4.98 Å². The number of ether oxygens (including phenoxy) is 1. The average molecular weight is 180 g/mol. The van der Waals surface area contributed by atoms with E-state index in [0.717, 1.165) is 18.6 Å². The number of hydrogen-bond acceptors (Lipinski definition) is 3. The minimum atomic E-state index is 0.130. The molecule has 1 aromatic heterocycles. The number of aromatic nitrogens is 1. The molecule has 0 aliphatic carbocycles. The van der Waals surface area contributed by atoms with E-state index in [-0.39, 0.29) is 6.04 Å². The van der Waals surface area contributed by atoms with Gasteiger partial charge in [-0.05, 0) is 18.6 Å². The lowest BCUT2D eigenvalue weighted by Gasteiger charge is -2.11. The van der Waals surface area contributed by atoms with Crippen LogP contribution < -0.4 is 10.5 Å². The first-order valence-corrected chi connectivity index (χ1v) is 4.61. The van der Waals surface area contributed by atoms with Crippen molar-refractivity contribution in [2.24, 2.45) is 5.73 Å². The topological polar surface area (TPSA) is 48.1 Å². The molecule has 0 saturated heterocycles. The molecule has 1 atom stereocenters. The SMILES string of the molecule is CCCC(N)COc1cccnc1. The van der Waals surface area contributed by atoms with Gasteiger partial charge in [0.1, 0.15) is 12.4 Å². The zero-order valence-corrected chi connectivity index (χ0v) is 7.94. The van der Waals surface area contributed by atoms with Crippen molar-refractivity contribution in [3.05, 3.63) is 24.5 Å². The summed E-state index contributed by atoms with van der Waals surface area (Å²) in [5.41, 5.74) is 5.79. The molecule has 13 heavy (non-hydrogen) atoms. The molecule has 0 amide bonds. The van der Waals surface area contributed by atoms with E-state index in [1.807, 2.05) is 12.1 Å². The average Bonchev–Trinajstić information content (AvgIpc) is 2.17. The highest BCUT2D eigenvalue weighted by Crippen LogP contribution is 2.06. The second-order valence-electron chi connectivity index (χ2n) is 3.05. The van der Waals surface area contributed by atoms with Crippen LogP contribution in [0.15, 0.2) is 24.5 Å². The molecular weight excluding hydrogens is 164 g/mol. The third kappa shape index (κ3) is 3.90. The van der Waals surface area contributed by atoms with E-state index >= 15 is 0 Å². The summed E-state index contributed by atoms with van der Waals surface area (Å²) >= 11 is 0. The molecule has 3 nitrogen and oxygen atoms in total. The molecule has 0 aromatic carbocycles. The highest BCUT2D eigenvalue weighted by atomic mass is 16.5. The van der Waals surface area contributed by atoms with E-state index in [4.69, 9.17) is 10.5 Å². The van der Waals surface area contributed by atoms with Crippen molar-refractivity contribution >= 4 is 0 Å². The van der Waals surface area contributed by atoms with Crippen molar-refractivity contribution in [2.75, 3.05) is 6.61 Å². The van der Waals surface area contributed by atoms with Crippen molar-refractivity contribution in [1.29, 1.82) is 0 Å². The fourth-order valence-electron chi connectivity index (χ4n) is 1.09. The van der Waals surface area contributed by atoms with Crippen molar-refractivity contribution in [2.45, 2.75) is 25.8 Å². The first-order chi connectivity index (χ1) is 6.33. The Morgan fingerprint density at radius 2 is 2.46 bits per heavy atom. The van der Waals surface area contributed by atoms with Crippen LogP contribution in [0.25, 0.3) is 0 Å². The lowest BCUT2D eigenvalue weighted by molar-refractivity contribution is 0.280. The maximum atomic E-state index is 5.79. The van der Waals surface area contributed by atoms with Gasteiger partial charge in [-0.15, -0.1) is 0 Å². The predicted octanol–water partition coefficient (Wildman–Crippen LogP) is 1.59. The molecule has 1 rings (SSSR count). The highest BCUT2D eigenvalue weighted by molar-refractivity contribution is 5.15. The van der Waals surface area contributed by atoms with Crippen molar-refractivity contribution < 1.29 is 4.74 Å². The maximum absolute atomic E-state index is 5.79. The van der Waals surface area contributed by atoms with Crippen LogP contribution in [0.4, 0.5) is 0 Å². The molecule has 1 aromatic rings. The Balaban J connectivity index is 2.27. The number of pyridine rings is 1. The molecule has 0 aliphatic rings. The van der Waals surface area contributed by atoms with E-state index in [2.05, 4.69) is 11.9 Å². The molecule has 2 N–H and O–H groups in total. The molecule has 0 bridgehead atoms. The zero-order chi connectivity index (χ0) is 9.52. The molecule has 1 unspecified atom stereocenters. The van der Waals surface area contributed by atoms with Gasteiger partial charge in [-0.25, -0.2) is 0 Å². The summed E-state index contributed by atoms with van der Waals surface area (Å²) in [5.74, 6) is 0.786. The number of rotatable bonds is 5. The van der Waals surface area contributed by atoms with Gasteiger partial charge in [0, 0.05) is 12.2 Å². The van der Waals surface area contributed by atoms with Crippen molar-refractivity contribution in [1.82, 2.24) is 4.98 Å². The second-order valence-corrected chi connectivity index (χ2v) is 3.05. The Bertz CT molecular complexity index is 226. The lowest BCUT2D eigenvalue weighted by atomic mass is 10.2. The van der Waals surface area contributed by atoms with Gasteiger partial charge < -0.3 is 10.5 Å². The highest BCUT2D eigenvalue weighted by Gasteiger charge is 2.01. The first kappa shape index (κ1) is 9.99. The molecule has 1 heterocycles. The molecule has 0 aliphatic heterocycles. The Morgan fingerprint density at radius 3 is 3.08 bits per heavy atom. The summed E-state index contributed by atoms with van der Waals surface area (Å²) in [4.78, 5) is 3.94. The second kappa shape index (κ2) is 5.54. The zero-order valence-electron chi connectivity index (χ0n) is 7.94. The van der Waals surface area contributed by atoms with Crippen LogP contribution in [-0.4, -0.2) is 17.6 Å². The fraction of sp³-hybridized carbons (Fsp3) is 0.500. The number of hydrogen-bond donors (Lipinski definition) is 1. The van der Waals surface area contributed by atoms with Gasteiger partial charge >= 0.3 is 0 Å². The van der Waals surface area contributed by atoms with Gasteiger partial charge in [0.15, 0.2) is 0 Å². The molecule has 0 saturated carbocycles. The van der Waals surface area contributed by atoms with Gasteiger partial charge in [0.05, 0.1) is 6.20 Å². The summed E-state index contributed by atoms with van der Waals surface area (Å²) in [6.07, 6.45) is 5.51. The third-order valence-corrected chi connectivity index (χ3v) is 1.76. The van der Waals surface area contributed by atoms with Crippen LogP contribution >= 0.6 is 0 Å². The quantitative estimate of drug-likeness (QED) is 0.748. The van der Waals surface area contributed by atoms with Gasteiger partial charge in [0.2, 0.25) is 0 Å². The smallest absolute Gasteiger partial charge is 0.137 e. The summed E-state index contributed by atoms with van der Waals surface area (Å²) < 4.78 is 5.43. The normalized spacial score (nSPS) is 12.5. The van der Waals surface area contributed by atoms with E-state index in [1.165, 1.54) is 0 Å². The Labute approximate surface area is 78.9 Å². The Morgan fingerprint density at radius 1 is 1.62 bits per heavy atom. The summed E-state index contributed by atoms with van der Waals surface area (Å²) in [6, 6.07) is 3.86. The van der Waals surface area contributed by atoms with E-state index in [9.17, 15) is 0 Å². The number of nitrogens with zero attached hydrogens (tertiary/aromatic N) is 1. The van der Waals surface area contributed by atoms with E-state index < -0.39 is 0 Å². The molecule has 0 radical (unpaired) electrons. The van der Waals surface area contributed by atoms with Crippen LogP contribution in [0.2, 0.25) is 0 Å². The largest absolute Gasteiger partial charge is 0.490 e. The van der Waals surface area contributed by atoms with Gasteiger partial charge in [-0.2, -0.15) is 0 Å². The van der Waals surface area contributed by atoms with Crippen LogP contribution in [0.3, 0.4) is 0 Å². The molecule has 72 valence electrons. The molecular formula is C10H16N2O.